The minimum atomic E-state index is -5.25. The van der Waals surface area contributed by atoms with Crippen molar-refractivity contribution in [1.82, 2.24) is 0 Å². The molecule has 186 valence electrons. The lowest BCUT2D eigenvalue weighted by molar-refractivity contribution is -0.218. The fourth-order valence-corrected chi connectivity index (χ4v) is 4.68. The molecule has 0 aromatic heterocycles. The van der Waals surface area contributed by atoms with E-state index in [1.807, 2.05) is 0 Å². The lowest BCUT2D eigenvalue weighted by Crippen LogP contribution is -2.42. The number of rotatable bonds is 9. The van der Waals surface area contributed by atoms with Crippen molar-refractivity contribution in [2.24, 2.45) is 11.8 Å². The quantitative estimate of drug-likeness (QED) is 0.179. The second kappa shape index (κ2) is 12.3. The zero-order chi connectivity index (χ0) is 26.4. The molecule has 1 N–H and O–H groups in total. The van der Waals surface area contributed by atoms with Gasteiger partial charge in [0.2, 0.25) is 6.10 Å². The SMILES string of the molecule is [B]Cc1cc(C[B])c(OC(=O)C2CCCCCC2C(=O)OC(CS(=O)(=O)O)C(F)(F)F)c(C[B])c1. The largest absolute Gasteiger partial charge is 0.451 e. The van der Waals surface area contributed by atoms with Crippen LogP contribution in [0.4, 0.5) is 13.2 Å². The minimum Gasteiger partial charge on any atom is -0.451 e. The van der Waals surface area contributed by atoms with Crippen LogP contribution in [0.3, 0.4) is 0 Å². The number of halogens is 3. The maximum Gasteiger partial charge on any atom is 0.426 e. The predicted octanol–water partition coefficient (Wildman–Crippen LogP) is 2.16. The van der Waals surface area contributed by atoms with Crippen LogP contribution in [-0.2, 0) is 43.4 Å². The smallest absolute Gasteiger partial charge is 0.426 e. The van der Waals surface area contributed by atoms with Gasteiger partial charge in [-0.1, -0.05) is 55.9 Å². The molecule has 0 saturated heterocycles. The molecule has 2 rings (SSSR count). The van der Waals surface area contributed by atoms with Gasteiger partial charge in [-0.2, -0.15) is 21.6 Å². The highest BCUT2D eigenvalue weighted by Crippen LogP contribution is 2.35. The molecule has 0 aliphatic heterocycles. The van der Waals surface area contributed by atoms with E-state index in [-0.39, 0.29) is 37.6 Å². The summed E-state index contributed by atoms with van der Waals surface area (Å²) in [5.74, 6) is -6.45. The number of carbonyl (C=O) groups is 2. The van der Waals surface area contributed by atoms with Crippen molar-refractivity contribution in [1.29, 1.82) is 0 Å². The lowest BCUT2D eigenvalue weighted by Gasteiger charge is -2.26. The highest BCUT2D eigenvalue weighted by molar-refractivity contribution is 7.85. The van der Waals surface area contributed by atoms with Crippen LogP contribution in [0.2, 0.25) is 0 Å². The van der Waals surface area contributed by atoms with E-state index in [2.05, 4.69) is 4.74 Å². The Hall–Kier alpha value is -1.95. The molecule has 0 bridgehead atoms. The number of hydrogen-bond acceptors (Lipinski definition) is 6. The Morgan fingerprint density at radius 2 is 1.49 bits per heavy atom. The van der Waals surface area contributed by atoms with Gasteiger partial charge in [-0.05, 0) is 24.0 Å². The molecule has 6 radical (unpaired) electrons. The summed E-state index contributed by atoms with van der Waals surface area (Å²) in [5, 5.41) is 0. The summed E-state index contributed by atoms with van der Waals surface area (Å²) in [6.07, 6.45) is -6.42. The first-order valence-corrected chi connectivity index (χ1v) is 12.6. The van der Waals surface area contributed by atoms with Gasteiger partial charge in [0.05, 0.1) is 35.4 Å². The van der Waals surface area contributed by atoms with E-state index in [9.17, 15) is 31.2 Å². The van der Waals surface area contributed by atoms with Crippen molar-refractivity contribution in [3.63, 3.8) is 0 Å². The van der Waals surface area contributed by atoms with E-state index in [4.69, 9.17) is 32.8 Å². The fourth-order valence-electron chi connectivity index (χ4n) is 4.04. The van der Waals surface area contributed by atoms with Crippen LogP contribution in [-0.4, -0.2) is 66.5 Å². The number of carbonyl (C=O) groups excluding carboxylic acids is 2. The molecule has 1 aliphatic rings. The van der Waals surface area contributed by atoms with Crippen LogP contribution < -0.4 is 4.74 Å². The summed E-state index contributed by atoms with van der Waals surface area (Å²) >= 11 is 0. The van der Waals surface area contributed by atoms with E-state index in [1.165, 1.54) is 0 Å². The highest BCUT2D eigenvalue weighted by Gasteiger charge is 2.47. The van der Waals surface area contributed by atoms with Gasteiger partial charge in [0.15, 0.2) is 0 Å². The summed E-state index contributed by atoms with van der Waals surface area (Å²) in [4.78, 5) is 25.9. The number of benzene rings is 1. The second-order valence-corrected chi connectivity index (χ2v) is 9.84. The van der Waals surface area contributed by atoms with Gasteiger partial charge in [0, 0.05) is 0 Å². The van der Waals surface area contributed by atoms with Gasteiger partial charge in [0.25, 0.3) is 10.1 Å². The zero-order valence-corrected chi connectivity index (χ0v) is 19.7. The van der Waals surface area contributed by atoms with E-state index < -0.39 is 51.9 Å². The Balaban J connectivity index is 2.32. The Labute approximate surface area is 206 Å². The lowest BCUT2D eigenvalue weighted by atomic mass is 9.85. The molecule has 1 saturated carbocycles. The summed E-state index contributed by atoms with van der Waals surface area (Å²) in [5.41, 5.74) is 1.60. The molecule has 14 heteroatoms. The molecule has 0 amide bonds. The fraction of sp³-hybridized carbons (Fsp3) is 0.619. The first kappa shape index (κ1) is 29.3. The average Bonchev–Trinajstić information content (AvgIpc) is 3.03. The van der Waals surface area contributed by atoms with E-state index in [0.29, 0.717) is 36.0 Å². The van der Waals surface area contributed by atoms with E-state index in [0.717, 1.165) is 0 Å². The molecule has 1 aliphatic carbocycles. The Kier molecular flexibility index (Phi) is 10.3. The predicted molar refractivity (Wildman–Crippen MR) is 123 cm³/mol. The maximum atomic E-state index is 13.3. The summed E-state index contributed by atoms with van der Waals surface area (Å²) in [6, 6.07) is 3.29. The van der Waals surface area contributed by atoms with Crippen LogP contribution in [0.15, 0.2) is 12.1 Å². The first-order valence-electron chi connectivity index (χ1n) is 11.0. The van der Waals surface area contributed by atoms with Gasteiger partial charge in [-0.25, -0.2) is 0 Å². The van der Waals surface area contributed by atoms with Crippen molar-refractivity contribution in [2.75, 3.05) is 5.75 Å². The first-order chi connectivity index (χ1) is 16.3. The molecule has 0 spiro atoms. The standard InChI is InChI=1S/C21H24B3F3O7S/c22-8-12-6-13(9-23)18(14(7-12)10-24)34-20(29)16-5-3-1-2-4-15(16)19(28)33-17(21(25,26)27)11-35(30,31)32/h6-7,15-17H,1-5,8-11H2,(H,30,31,32). The van der Waals surface area contributed by atoms with Gasteiger partial charge in [-0.15, -0.1) is 0 Å². The van der Waals surface area contributed by atoms with E-state index in [1.54, 1.807) is 12.1 Å². The maximum absolute atomic E-state index is 13.3. The molecule has 1 aromatic carbocycles. The Morgan fingerprint density at radius 1 is 0.971 bits per heavy atom. The molecular weight excluding hydrogens is 486 g/mol. The number of esters is 2. The third-order valence-electron chi connectivity index (χ3n) is 5.79. The number of alkyl halides is 3. The van der Waals surface area contributed by atoms with Gasteiger partial charge >= 0.3 is 18.1 Å². The molecule has 3 atom stereocenters. The number of ether oxygens (including phenoxy) is 2. The van der Waals surface area contributed by atoms with Crippen LogP contribution >= 0.6 is 0 Å². The Morgan fingerprint density at radius 3 is 1.91 bits per heavy atom. The van der Waals surface area contributed by atoms with Crippen molar-refractivity contribution in [2.45, 2.75) is 63.3 Å². The highest BCUT2D eigenvalue weighted by atomic mass is 32.2. The van der Waals surface area contributed by atoms with Crippen LogP contribution in [0, 0.1) is 11.8 Å². The Bertz CT molecular complexity index is 993. The minimum absolute atomic E-state index is 0.0114. The third-order valence-corrected chi connectivity index (χ3v) is 6.51. The molecule has 35 heavy (non-hydrogen) atoms. The topological polar surface area (TPSA) is 107 Å². The molecule has 0 heterocycles. The second-order valence-electron chi connectivity index (χ2n) is 8.34. The van der Waals surface area contributed by atoms with Crippen molar-refractivity contribution < 1.29 is 45.2 Å². The average molecular weight is 510 g/mol. The molecule has 1 aromatic rings. The van der Waals surface area contributed by atoms with Crippen LogP contribution in [0.1, 0.15) is 48.8 Å². The third kappa shape index (κ3) is 8.30. The summed E-state index contributed by atoms with van der Waals surface area (Å²) in [7, 11) is 12.1. The van der Waals surface area contributed by atoms with Crippen molar-refractivity contribution >= 4 is 45.6 Å². The van der Waals surface area contributed by atoms with Gasteiger partial charge < -0.3 is 9.47 Å². The van der Waals surface area contributed by atoms with Crippen molar-refractivity contribution in [3.8, 4) is 5.75 Å². The van der Waals surface area contributed by atoms with E-state index >= 15 is 0 Å². The molecule has 1 fully saturated rings. The van der Waals surface area contributed by atoms with Gasteiger partial charge in [-0.3, -0.25) is 14.1 Å². The molecular formula is C21H24B3F3O7S. The number of hydrogen-bond donors (Lipinski definition) is 1. The van der Waals surface area contributed by atoms with Crippen LogP contribution in [0.5, 0.6) is 5.75 Å². The van der Waals surface area contributed by atoms with Crippen LogP contribution in [0.25, 0.3) is 0 Å². The summed E-state index contributed by atoms with van der Waals surface area (Å²) in [6.45, 7) is 0. The monoisotopic (exact) mass is 510 g/mol. The molecule has 7 nitrogen and oxygen atoms in total. The normalized spacial score (nSPS) is 20.0. The molecule has 3 unspecified atom stereocenters. The van der Waals surface area contributed by atoms with Gasteiger partial charge in [0.1, 0.15) is 11.5 Å². The van der Waals surface area contributed by atoms with Crippen molar-refractivity contribution in [3.05, 3.63) is 28.8 Å². The summed E-state index contributed by atoms with van der Waals surface area (Å²) < 4.78 is 80.7. The zero-order valence-electron chi connectivity index (χ0n) is 18.9.